The van der Waals surface area contributed by atoms with Crippen molar-refractivity contribution < 1.29 is 4.79 Å². The van der Waals surface area contributed by atoms with Crippen LogP contribution in [0, 0.1) is 17.2 Å². The van der Waals surface area contributed by atoms with E-state index in [-0.39, 0.29) is 11.8 Å². The first-order valence-electron chi connectivity index (χ1n) is 8.44. The minimum absolute atomic E-state index is 0.00962. The number of nitrogens with one attached hydrogen (secondary N) is 1. The molecule has 0 aliphatic carbocycles. The SMILES string of the molecule is CCN(CC)C(=O)C1CCCN(C(=S)Nc2ccccc2C#N)C1. The predicted molar refractivity (Wildman–Crippen MR) is 99.6 cm³/mol. The Hall–Kier alpha value is -2.13. The van der Waals surface area contributed by atoms with Gasteiger partial charge in [0.15, 0.2) is 5.11 Å². The highest BCUT2D eigenvalue weighted by atomic mass is 32.1. The molecule has 6 heteroatoms. The Morgan fingerprint density at radius 1 is 1.42 bits per heavy atom. The Bertz CT molecular complexity index is 636. The zero-order valence-electron chi connectivity index (χ0n) is 14.3. The molecule has 0 radical (unpaired) electrons. The Morgan fingerprint density at radius 2 is 2.12 bits per heavy atom. The van der Waals surface area contributed by atoms with Gasteiger partial charge >= 0.3 is 0 Å². The van der Waals surface area contributed by atoms with E-state index < -0.39 is 0 Å². The molecule has 1 fully saturated rings. The molecule has 1 aliphatic rings. The Labute approximate surface area is 149 Å². The van der Waals surface area contributed by atoms with Crippen molar-refractivity contribution in [2.45, 2.75) is 26.7 Å². The van der Waals surface area contributed by atoms with Crippen LogP contribution in [0.15, 0.2) is 24.3 Å². The number of anilines is 1. The van der Waals surface area contributed by atoms with Gasteiger partial charge in [-0.15, -0.1) is 0 Å². The summed E-state index contributed by atoms with van der Waals surface area (Å²) >= 11 is 5.51. The number of para-hydroxylation sites is 1. The topological polar surface area (TPSA) is 59.4 Å². The van der Waals surface area contributed by atoms with Crippen LogP contribution in [0.25, 0.3) is 0 Å². The van der Waals surface area contributed by atoms with Crippen LogP contribution >= 0.6 is 12.2 Å². The van der Waals surface area contributed by atoms with Gasteiger partial charge < -0.3 is 15.1 Å². The Morgan fingerprint density at radius 3 is 2.79 bits per heavy atom. The lowest BCUT2D eigenvalue weighted by molar-refractivity contribution is -0.136. The standard InChI is InChI=1S/C18H24N4OS/c1-3-21(4-2)17(23)15-9-7-11-22(13-15)18(24)20-16-10-6-5-8-14(16)12-19/h5-6,8,10,15H,3-4,7,9,11,13H2,1-2H3,(H,20,24). The molecule has 1 amide bonds. The molecule has 0 saturated carbocycles. The number of hydrogen-bond donors (Lipinski definition) is 1. The third kappa shape index (κ3) is 4.24. The first-order chi connectivity index (χ1) is 11.6. The molecular formula is C18H24N4OS. The molecule has 5 nitrogen and oxygen atoms in total. The number of carbonyl (C=O) groups excluding carboxylic acids is 1. The van der Waals surface area contributed by atoms with Gasteiger partial charge in [0.25, 0.3) is 0 Å². The molecule has 128 valence electrons. The zero-order valence-corrected chi connectivity index (χ0v) is 15.1. The summed E-state index contributed by atoms with van der Waals surface area (Å²) in [6, 6.07) is 9.45. The fraction of sp³-hybridized carbons (Fsp3) is 0.500. The minimum atomic E-state index is -0.00962. The van der Waals surface area contributed by atoms with Gasteiger partial charge in [0.05, 0.1) is 17.2 Å². The van der Waals surface area contributed by atoms with Gasteiger partial charge in [-0.25, -0.2) is 0 Å². The number of likely N-dealkylation sites (tertiary alicyclic amines) is 1. The highest BCUT2D eigenvalue weighted by molar-refractivity contribution is 7.80. The molecule has 1 N–H and O–H groups in total. The van der Waals surface area contributed by atoms with Crippen molar-refractivity contribution in [1.29, 1.82) is 5.26 Å². The summed E-state index contributed by atoms with van der Waals surface area (Å²) in [4.78, 5) is 16.5. The van der Waals surface area contributed by atoms with Crippen LogP contribution in [0.3, 0.4) is 0 Å². The maximum atomic E-state index is 12.6. The van der Waals surface area contributed by atoms with Crippen LogP contribution in [0.2, 0.25) is 0 Å². The molecule has 1 saturated heterocycles. The van der Waals surface area contributed by atoms with E-state index in [1.54, 1.807) is 6.07 Å². The number of hydrogen-bond acceptors (Lipinski definition) is 3. The zero-order chi connectivity index (χ0) is 17.5. The first-order valence-corrected chi connectivity index (χ1v) is 8.85. The number of nitriles is 1. The normalized spacial score (nSPS) is 17.0. The molecule has 1 unspecified atom stereocenters. The van der Waals surface area contributed by atoms with Gasteiger partial charge in [-0.05, 0) is 51.0 Å². The van der Waals surface area contributed by atoms with Crippen LogP contribution in [-0.2, 0) is 4.79 Å². The van der Waals surface area contributed by atoms with E-state index in [0.717, 1.165) is 32.5 Å². The molecule has 0 spiro atoms. The average molecular weight is 344 g/mol. The predicted octanol–water partition coefficient (Wildman–Crippen LogP) is 2.84. The summed E-state index contributed by atoms with van der Waals surface area (Å²) in [7, 11) is 0. The molecule has 2 rings (SSSR count). The summed E-state index contributed by atoms with van der Waals surface area (Å²) in [6.07, 6.45) is 1.85. The number of rotatable bonds is 4. The van der Waals surface area contributed by atoms with E-state index in [1.165, 1.54) is 0 Å². The molecule has 1 aliphatic heterocycles. The van der Waals surface area contributed by atoms with Crippen molar-refractivity contribution in [2.24, 2.45) is 5.92 Å². The fourth-order valence-corrected chi connectivity index (χ4v) is 3.32. The highest BCUT2D eigenvalue weighted by Gasteiger charge is 2.29. The number of piperidine rings is 1. The second kappa shape index (κ2) is 8.65. The van der Waals surface area contributed by atoms with Gasteiger partial charge in [0.2, 0.25) is 5.91 Å². The van der Waals surface area contributed by atoms with Crippen LogP contribution in [-0.4, -0.2) is 47.0 Å². The van der Waals surface area contributed by atoms with Crippen molar-refractivity contribution in [3.05, 3.63) is 29.8 Å². The van der Waals surface area contributed by atoms with Gasteiger partial charge in [-0.3, -0.25) is 4.79 Å². The number of thiocarbonyl (C=S) groups is 1. The highest BCUT2D eigenvalue weighted by Crippen LogP contribution is 2.21. The van der Waals surface area contributed by atoms with Crippen LogP contribution in [0.1, 0.15) is 32.3 Å². The van der Waals surface area contributed by atoms with Gasteiger partial charge in [0, 0.05) is 26.2 Å². The Balaban J connectivity index is 2.02. The lowest BCUT2D eigenvalue weighted by Crippen LogP contribution is -2.47. The second-order valence-electron chi connectivity index (χ2n) is 5.88. The molecule has 24 heavy (non-hydrogen) atoms. The third-order valence-corrected chi connectivity index (χ3v) is 4.78. The van der Waals surface area contributed by atoms with Crippen molar-refractivity contribution >= 4 is 28.9 Å². The third-order valence-electron chi connectivity index (χ3n) is 4.42. The fourth-order valence-electron chi connectivity index (χ4n) is 3.04. The van der Waals surface area contributed by atoms with Crippen LogP contribution < -0.4 is 5.32 Å². The largest absolute Gasteiger partial charge is 0.348 e. The quantitative estimate of drug-likeness (QED) is 0.851. The van der Waals surface area contributed by atoms with E-state index in [4.69, 9.17) is 12.2 Å². The number of amides is 1. The summed E-state index contributed by atoms with van der Waals surface area (Å²) < 4.78 is 0. The maximum absolute atomic E-state index is 12.6. The second-order valence-corrected chi connectivity index (χ2v) is 6.27. The van der Waals surface area contributed by atoms with Crippen molar-refractivity contribution in [3.63, 3.8) is 0 Å². The monoisotopic (exact) mass is 344 g/mol. The first kappa shape index (κ1) is 18.2. The van der Waals surface area contributed by atoms with Crippen LogP contribution in [0.4, 0.5) is 5.69 Å². The lowest BCUT2D eigenvalue weighted by Gasteiger charge is -2.36. The summed E-state index contributed by atoms with van der Waals surface area (Å²) in [6.45, 7) is 6.96. The van der Waals surface area contributed by atoms with Gasteiger partial charge in [-0.1, -0.05) is 12.1 Å². The summed E-state index contributed by atoms with van der Waals surface area (Å²) in [5, 5.41) is 12.9. The van der Waals surface area contributed by atoms with Gasteiger partial charge in [0.1, 0.15) is 6.07 Å². The van der Waals surface area contributed by atoms with E-state index in [9.17, 15) is 10.1 Å². The van der Waals surface area contributed by atoms with Crippen molar-refractivity contribution in [3.8, 4) is 6.07 Å². The van der Waals surface area contributed by atoms with E-state index >= 15 is 0 Å². The average Bonchev–Trinajstić information content (AvgIpc) is 2.63. The molecule has 1 atom stereocenters. The smallest absolute Gasteiger partial charge is 0.227 e. The number of nitrogens with zero attached hydrogens (tertiary/aromatic N) is 3. The van der Waals surface area contributed by atoms with Crippen molar-refractivity contribution in [2.75, 3.05) is 31.5 Å². The maximum Gasteiger partial charge on any atom is 0.227 e. The van der Waals surface area contributed by atoms with Crippen LogP contribution in [0.5, 0.6) is 0 Å². The minimum Gasteiger partial charge on any atom is -0.348 e. The van der Waals surface area contributed by atoms with E-state index in [2.05, 4.69) is 11.4 Å². The van der Waals surface area contributed by atoms with Crippen molar-refractivity contribution in [1.82, 2.24) is 9.80 Å². The van der Waals surface area contributed by atoms with Gasteiger partial charge in [-0.2, -0.15) is 5.26 Å². The molecule has 1 aromatic rings. The number of carbonyl (C=O) groups is 1. The van der Waals surface area contributed by atoms with E-state index in [0.29, 0.717) is 22.9 Å². The molecule has 1 heterocycles. The summed E-state index contributed by atoms with van der Waals surface area (Å²) in [5.74, 6) is 0.203. The van der Waals surface area contributed by atoms with E-state index in [1.807, 2.05) is 41.8 Å². The lowest BCUT2D eigenvalue weighted by atomic mass is 9.96. The molecule has 0 bridgehead atoms. The molecular weight excluding hydrogens is 320 g/mol. The Kier molecular flexibility index (Phi) is 6.56. The summed E-state index contributed by atoms with van der Waals surface area (Å²) in [5.41, 5.74) is 1.27. The number of benzene rings is 1. The molecule has 1 aromatic carbocycles. The molecule has 0 aromatic heterocycles.